The first kappa shape index (κ1) is 15.7. The molecule has 0 saturated carbocycles. The molecule has 0 fully saturated rings. The molecule has 0 aliphatic heterocycles. The molecule has 0 radical (unpaired) electrons. The van der Waals surface area contributed by atoms with Gasteiger partial charge in [-0.05, 0) is 27.7 Å². The molecule has 1 heterocycles. The highest BCUT2D eigenvalue weighted by Crippen LogP contribution is 2.21. The highest BCUT2D eigenvalue weighted by Gasteiger charge is 2.28. The Hall–Kier alpha value is -2.38. The minimum absolute atomic E-state index is 0.0891. The van der Waals surface area contributed by atoms with Crippen molar-refractivity contribution in [2.75, 3.05) is 4.90 Å². The van der Waals surface area contributed by atoms with Gasteiger partial charge < -0.3 is 15.9 Å². The van der Waals surface area contributed by atoms with Crippen LogP contribution in [0.1, 0.15) is 26.5 Å². The summed E-state index contributed by atoms with van der Waals surface area (Å²) in [7, 11) is 0. The van der Waals surface area contributed by atoms with Gasteiger partial charge in [0.2, 0.25) is 0 Å². The van der Waals surface area contributed by atoms with E-state index < -0.39 is 23.3 Å². The maximum Gasteiger partial charge on any atom is 0.422 e. The minimum atomic E-state index is -1.06. The number of ether oxygens (including phenoxy) is 1. The molecule has 7 nitrogen and oxygen atoms in total. The summed E-state index contributed by atoms with van der Waals surface area (Å²) in [6.07, 6.45) is -0.467. The summed E-state index contributed by atoms with van der Waals surface area (Å²) in [5, 5.41) is 13.3. The summed E-state index contributed by atoms with van der Waals surface area (Å²) < 4.78 is 18.6. The van der Waals surface area contributed by atoms with Gasteiger partial charge in [0.05, 0.1) is 6.21 Å². The molecule has 20 heavy (non-hydrogen) atoms. The van der Waals surface area contributed by atoms with E-state index in [9.17, 15) is 9.18 Å². The number of anilines is 1. The average molecular weight is 283 g/mol. The fraction of sp³-hybridized carbons (Fsp3) is 0.417. The van der Waals surface area contributed by atoms with Crippen LogP contribution in [0.3, 0.4) is 0 Å². The standard InChI is InChI=1S/C12H18FN5O2/c1-7-5-9(17-16-7)18(10(15)8(13)6-14)11(19)20-12(2,3)4/h5-6,14H,15H2,1-4H3,(H,16,17)/b10-8-,14-6?. The fourth-order valence-corrected chi connectivity index (χ4v) is 1.32. The Morgan fingerprint density at radius 3 is 2.60 bits per heavy atom. The SMILES string of the molecule is Cc1cc(N(C(=O)OC(C)(C)C)/C(N)=C(\F)C=N)n[nH]1. The molecule has 0 atom stereocenters. The number of carbonyl (C=O) groups excluding carboxylic acids is 1. The lowest BCUT2D eigenvalue weighted by molar-refractivity contribution is 0.0590. The molecule has 0 aliphatic carbocycles. The second-order valence-electron chi connectivity index (χ2n) is 5.10. The first-order chi connectivity index (χ1) is 9.15. The number of nitrogens with one attached hydrogen (secondary N) is 2. The van der Waals surface area contributed by atoms with E-state index in [2.05, 4.69) is 10.2 Å². The predicted molar refractivity (Wildman–Crippen MR) is 73.1 cm³/mol. The number of hydrogen-bond donors (Lipinski definition) is 3. The van der Waals surface area contributed by atoms with Crippen LogP contribution in [0.4, 0.5) is 15.0 Å². The van der Waals surface area contributed by atoms with Crippen LogP contribution in [-0.2, 0) is 4.74 Å². The zero-order chi connectivity index (χ0) is 15.5. The zero-order valence-electron chi connectivity index (χ0n) is 11.8. The molecule has 0 saturated heterocycles. The van der Waals surface area contributed by atoms with Crippen LogP contribution >= 0.6 is 0 Å². The third-order valence-electron chi connectivity index (χ3n) is 2.11. The Morgan fingerprint density at radius 1 is 1.60 bits per heavy atom. The van der Waals surface area contributed by atoms with E-state index in [4.69, 9.17) is 15.9 Å². The van der Waals surface area contributed by atoms with Crippen molar-refractivity contribution in [3.05, 3.63) is 23.4 Å². The first-order valence-electron chi connectivity index (χ1n) is 5.86. The lowest BCUT2D eigenvalue weighted by Crippen LogP contribution is -2.39. The number of aryl methyl sites for hydroxylation is 1. The quantitative estimate of drug-likeness (QED) is 0.739. The van der Waals surface area contributed by atoms with Crippen LogP contribution in [0.2, 0.25) is 0 Å². The number of rotatable bonds is 3. The number of aromatic amines is 1. The number of amides is 1. The van der Waals surface area contributed by atoms with Crippen molar-refractivity contribution in [3.63, 3.8) is 0 Å². The number of nitrogens with zero attached hydrogens (tertiary/aromatic N) is 2. The number of H-pyrrole nitrogens is 1. The minimum Gasteiger partial charge on any atom is -0.443 e. The normalized spacial score (nSPS) is 12.7. The summed E-state index contributed by atoms with van der Waals surface area (Å²) in [5.41, 5.74) is 5.45. The topological polar surface area (TPSA) is 108 Å². The number of nitrogens with two attached hydrogens (primary N) is 1. The van der Waals surface area contributed by atoms with Crippen molar-refractivity contribution in [1.29, 1.82) is 5.41 Å². The molecule has 1 amide bonds. The van der Waals surface area contributed by atoms with Crippen LogP contribution < -0.4 is 10.6 Å². The largest absolute Gasteiger partial charge is 0.443 e. The Morgan fingerprint density at radius 2 is 2.20 bits per heavy atom. The highest BCUT2D eigenvalue weighted by atomic mass is 19.1. The Kier molecular flexibility index (Phi) is 4.49. The summed E-state index contributed by atoms with van der Waals surface area (Å²) in [4.78, 5) is 12.9. The molecule has 1 aromatic heterocycles. The highest BCUT2D eigenvalue weighted by molar-refractivity contribution is 5.92. The van der Waals surface area contributed by atoms with Crippen LogP contribution in [0.5, 0.6) is 0 Å². The summed E-state index contributed by atoms with van der Waals surface area (Å²) in [6.45, 7) is 6.74. The van der Waals surface area contributed by atoms with Gasteiger partial charge in [-0.3, -0.25) is 5.10 Å². The van der Waals surface area contributed by atoms with E-state index in [0.717, 1.165) is 4.90 Å². The van der Waals surface area contributed by atoms with Gasteiger partial charge in [0, 0.05) is 11.8 Å². The third-order valence-corrected chi connectivity index (χ3v) is 2.11. The van der Waals surface area contributed by atoms with Crippen LogP contribution in [-0.4, -0.2) is 28.1 Å². The van der Waals surface area contributed by atoms with Gasteiger partial charge in [0.1, 0.15) is 5.60 Å². The lowest BCUT2D eigenvalue weighted by atomic mass is 10.2. The van der Waals surface area contributed by atoms with E-state index in [1.165, 1.54) is 6.07 Å². The van der Waals surface area contributed by atoms with Gasteiger partial charge in [-0.2, -0.15) is 5.10 Å². The molecule has 4 N–H and O–H groups in total. The van der Waals surface area contributed by atoms with E-state index in [-0.39, 0.29) is 5.82 Å². The Labute approximate surface area is 116 Å². The van der Waals surface area contributed by atoms with Crippen molar-refractivity contribution in [2.45, 2.75) is 33.3 Å². The van der Waals surface area contributed by atoms with Crippen LogP contribution in [0.25, 0.3) is 0 Å². The molecule has 110 valence electrons. The van der Waals surface area contributed by atoms with Gasteiger partial charge in [0.15, 0.2) is 17.5 Å². The van der Waals surface area contributed by atoms with E-state index in [1.807, 2.05) is 0 Å². The van der Waals surface area contributed by atoms with Crippen LogP contribution in [0, 0.1) is 12.3 Å². The van der Waals surface area contributed by atoms with Crippen LogP contribution in [0.15, 0.2) is 17.7 Å². The lowest BCUT2D eigenvalue weighted by Gasteiger charge is -2.25. The summed E-state index contributed by atoms with van der Waals surface area (Å²) in [5.74, 6) is -1.52. The molecular weight excluding hydrogens is 265 g/mol. The van der Waals surface area contributed by atoms with E-state index >= 15 is 0 Å². The second-order valence-corrected chi connectivity index (χ2v) is 5.10. The molecule has 0 spiro atoms. The molecule has 0 bridgehead atoms. The smallest absolute Gasteiger partial charge is 0.422 e. The number of halogens is 1. The van der Waals surface area contributed by atoms with Gasteiger partial charge >= 0.3 is 6.09 Å². The van der Waals surface area contributed by atoms with E-state index in [1.54, 1.807) is 27.7 Å². The molecule has 1 rings (SSSR count). The molecule has 1 aromatic rings. The van der Waals surface area contributed by atoms with Crippen molar-refractivity contribution in [3.8, 4) is 0 Å². The van der Waals surface area contributed by atoms with E-state index in [0.29, 0.717) is 11.9 Å². The van der Waals surface area contributed by atoms with Crippen molar-refractivity contribution in [2.24, 2.45) is 5.73 Å². The third kappa shape index (κ3) is 3.81. The first-order valence-corrected chi connectivity index (χ1v) is 5.86. The maximum absolute atomic E-state index is 13.5. The molecule has 0 aliphatic rings. The summed E-state index contributed by atoms with van der Waals surface area (Å²) >= 11 is 0. The molecule has 8 heteroatoms. The van der Waals surface area contributed by atoms with Crippen molar-refractivity contribution >= 4 is 18.1 Å². The van der Waals surface area contributed by atoms with Gasteiger partial charge in [-0.15, -0.1) is 0 Å². The molecule has 0 unspecified atom stereocenters. The predicted octanol–water partition coefficient (Wildman–Crippen LogP) is 2.21. The van der Waals surface area contributed by atoms with Gasteiger partial charge in [-0.25, -0.2) is 14.1 Å². The number of allylic oxidation sites excluding steroid dienone is 1. The Bertz CT molecular complexity index is 544. The maximum atomic E-state index is 13.5. The van der Waals surface area contributed by atoms with Gasteiger partial charge in [0.25, 0.3) is 0 Å². The molecule has 0 aromatic carbocycles. The number of hydrogen-bond acceptors (Lipinski definition) is 5. The Balaban J connectivity index is 3.22. The van der Waals surface area contributed by atoms with Crippen molar-refractivity contribution < 1.29 is 13.9 Å². The monoisotopic (exact) mass is 283 g/mol. The zero-order valence-corrected chi connectivity index (χ0v) is 11.8. The second kappa shape index (κ2) is 5.72. The van der Waals surface area contributed by atoms with Crippen molar-refractivity contribution in [1.82, 2.24) is 10.2 Å². The molecular formula is C12H18FN5O2. The summed E-state index contributed by atoms with van der Waals surface area (Å²) in [6, 6.07) is 1.51. The number of carbonyl (C=O) groups is 1. The fourth-order valence-electron chi connectivity index (χ4n) is 1.32. The van der Waals surface area contributed by atoms with Gasteiger partial charge in [-0.1, -0.05) is 0 Å². The number of aromatic nitrogens is 2. The average Bonchev–Trinajstić information content (AvgIpc) is 2.72.